The van der Waals surface area contributed by atoms with Crippen LogP contribution in [0.2, 0.25) is 0 Å². The zero-order valence-electron chi connectivity index (χ0n) is 11.3. The Hall–Kier alpha value is -1.59. The number of thiophene rings is 1. The fourth-order valence-electron chi connectivity index (χ4n) is 1.81. The average Bonchev–Trinajstić information content (AvgIpc) is 3.09. The molecule has 3 aromatic rings. The molecule has 0 spiro atoms. The summed E-state index contributed by atoms with van der Waals surface area (Å²) >= 11 is 3.17. The maximum atomic E-state index is 5.65. The highest BCUT2D eigenvalue weighted by atomic mass is 32.2. The van der Waals surface area contributed by atoms with Crippen molar-refractivity contribution in [3.8, 4) is 10.8 Å². The van der Waals surface area contributed by atoms with Crippen molar-refractivity contribution in [2.75, 3.05) is 0 Å². The van der Waals surface area contributed by atoms with Gasteiger partial charge >= 0.3 is 0 Å². The van der Waals surface area contributed by atoms with E-state index < -0.39 is 0 Å². The molecule has 3 rings (SSSR count). The molecule has 20 heavy (non-hydrogen) atoms. The standard InChI is InChI=1S/C15H14N2OS2/c1-10-5-6-12(8-11(10)2)9-20-15-17-16-14(18-15)13-4-3-7-19-13/h3-8H,9H2,1-2H3. The molecule has 2 heterocycles. The first-order valence-electron chi connectivity index (χ1n) is 6.29. The molecule has 0 saturated carbocycles. The number of hydrogen-bond donors (Lipinski definition) is 0. The number of rotatable bonds is 4. The summed E-state index contributed by atoms with van der Waals surface area (Å²) in [5, 5.41) is 10.8. The van der Waals surface area contributed by atoms with Crippen LogP contribution in [0.3, 0.4) is 0 Å². The summed E-state index contributed by atoms with van der Waals surface area (Å²) in [5.41, 5.74) is 3.90. The number of aryl methyl sites for hydroxylation is 2. The van der Waals surface area contributed by atoms with Gasteiger partial charge in [-0.2, -0.15) is 0 Å². The van der Waals surface area contributed by atoms with Gasteiger partial charge in [-0.3, -0.25) is 0 Å². The van der Waals surface area contributed by atoms with E-state index in [0.29, 0.717) is 11.1 Å². The minimum absolute atomic E-state index is 0.600. The molecule has 0 aliphatic rings. The predicted octanol–water partition coefficient (Wildman–Crippen LogP) is 4.71. The van der Waals surface area contributed by atoms with Gasteiger partial charge in [-0.15, -0.1) is 21.5 Å². The highest BCUT2D eigenvalue weighted by Gasteiger charge is 2.10. The molecule has 1 aromatic carbocycles. The van der Waals surface area contributed by atoms with Crippen molar-refractivity contribution in [1.29, 1.82) is 0 Å². The molecule has 5 heteroatoms. The molecule has 0 bridgehead atoms. The first-order chi connectivity index (χ1) is 9.72. The van der Waals surface area contributed by atoms with Crippen LogP contribution in [-0.4, -0.2) is 10.2 Å². The monoisotopic (exact) mass is 302 g/mol. The van der Waals surface area contributed by atoms with Crippen LogP contribution >= 0.6 is 23.1 Å². The number of aromatic nitrogens is 2. The van der Waals surface area contributed by atoms with Crippen molar-refractivity contribution >= 4 is 23.1 Å². The van der Waals surface area contributed by atoms with Crippen LogP contribution in [0.1, 0.15) is 16.7 Å². The molecule has 0 atom stereocenters. The molecule has 2 aromatic heterocycles. The van der Waals surface area contributed by atoms with Gasteiger partial charge in [0.15, 0.2) is 0 Å². The molecule has 0 aliphatic carbocycles. The molecule has 0 N–H and O–H groups in total. The first-order valence-corrected chi connectivity index (χ1v) is 8.15. The lowest BCUT2D eigenvalue weighted by Gasteiger charge is -2.03. The van der Waals surface area contributed by atoms with Crippen molar-refractivity contribution in [3.05, 3.63) is 52.4 Å². The predicted molar refractivity (Wildman–Crippen MR) is 83.1 cm³/mol. The SMILES string of the molecule is Cc1ccc(CSc2nnc(-c3cccs3)o2)cc1C. The molecular formula is C15H14N2OS2. The van der Waals surface area contributed by atoms with Crippen LogP contribution in [0.25, 0.3) is 10.8 Å². The number of hydrogen-bond acceptors (Lipinski definition) is 5. The van der Waals surface area contributed by atoms with Crippen molar-refractivity contribution in [3.63, 3.8) is 0 Å². The average molecular weight is 302 g/mol. The van der Waals surface area contributed by atoms with Crippen LogP contribution in [0.15, 0.2) is 45.4 Å². The van der Waals surface area contributed by atoms with Crippen LogP contribution in [-0.2, 0) is 5.75 Å². The van der Waals surface area contributed by atoms with E-state index in [1.807, 2.05) is 17.5 Å². The lowest BCUT2D eigenvalue weighted by Crippen LogP contribution is -1.85. The zero-order chi connectivity index (χ0) is 13.9. The van der Waals surface area contributed by atoms with Crippen LogP contribution in [0.5, 0.6) is 0 Å². The highest BCUT2D eigenvalue weighted by Crippen LogP contribution is 2.28. The van der Waals surface area contributed by atoms with Crippen LogP contribution in [0.4, 0.5) is 0 Å². The second kappa shape index (κ2) is 5.81. The van der Waals surface area contributed by atoms with Gasteiger partial charge in [0.05, 0.1) is 4.88 Å². The van der Waals surface area contributed by atoms with Crippen LogP contribution in [0, 0.1) is 13.8 Å². The Kier molecular flexibility index (Phi) is 3.89. The van der Waals surface area contributed by atoms with Gasteiger partial charge in [-0.05, 0) is 42.0 Å². The van der Waals surface area contributed by atoms with E-state index in [4.69, 9.17) is 4.42 Å². The summed E-state index contributed by atoms with van der Waals surface area (Å²) in [6.45, 7) is 4.25. The number of thioether (sulfide) groups is 1. The second-order valence-corrected chi connectivity index (χ2v) is 6.43. The topological polar surface area (TPSA) is 38.9 Å². The van der Waals surface area contributed by atoms with Gasteiger partial charge in [0, 0.05) is 5.75 Å². The number of nitrogens with zero attached hydrogens (tertiary/aromatic N) is 2. The second-order valence-electron chi connectivity index (χ2n) is 4.56. The third kappa shape index (κ3) is 2.94. The molecule has 0 fully saturated rings. The molecule has 0 saturated heterocycles. The maximum Gasteiger partial charge on any atom is 0.277 e. The molecule has 0 amide bonds. The normalized spacial score (nSPS) is 10.9. The van der Waals surface area contributed by atoms with Gasteiger partial charge in [0.25, 0.3) is 11.1 Å². The lowest BCUT2D eigenvalue weighted by molar-refractivity contribution is 0.466. The van der Waals surface area contributed by atoms with E-state index in [0.717, 1.165) is 10.6 Å². The third-order valence-electron chi connectivity index (χ3n) is 3.07. The van der Waals surface area contributed by atoms with Gasteiger partial charge < -0.3 is 4.42 Å². The van der Waals surface area contributed by atoms with Crippen molar-refractivity contribution in [2.24, 2.45) is 0 Å². The molecule has 0 unspecified atom stereocenters. The van der Waals surface area contributed by atoms with Gasteiger partial charge in [-0.25, -0.2) is 0 Å². The largest absolute Gasteiger partial charge is 0.410 e. The van der Waals surface area contributed by atoms with E-state index in [9.17, 15) is 0 Å². The summed E-state index contributed by atoms with van der Waals surface area (Å²) in [6, 6.07) is 10.5. The fourth-order valence-corrected chi connectivity index (χ4v) is 3.16. The Labute approximate surface area is 126 Å². The molecule has 102 valence electrons. The van der Waals surface area contributed by atoms with E-state index in [2.05, 4.69) is 42.2 Å². The smallest absolute Gasteiger partial charge is 0.277 e. The van der Waals surface area contributed by atoms with E-state index in [1.54, 1.807) is 23.1 Å². The highest BCUT2D eigenvalue weighted by molar-refractivity contribution is 7.98. The third-order valence-corrected chi connectivity index (χ3v) is 4.82. The molecule has 0 radical (unpaired) electrons. The Bertz CT molecular complexity index is 704. The first kappa shape index (κ1) is 13.4. The Balaban J connectivity index is 1.68. The van der Waals surface area contributed by atoms with Crippen molar-refractivity contribution < 1.29 is 4.42 Å². The summed E-state index contributed by atoms with van der Waals surface area (Å²) in [6.07, 6.45) is 0. The Morgan fingerprint density at radius 3 is 2.80 bits per heavy atom. The molecular weight excluding hydrogens is 288 g/mol. The summed E-state index contributed by atoms with van der Waals surface area (Å²) in [4.78, 5) is 1.01. The Morgan fingerprint density at radius 1 is 1.15 bits per heavy atom. The summed E-state index contributed by atoms with van der Waals surface area (Å²) in [7, 11) is 0. The van der Waals surface area contributed by atoms with E-state index in [-0.39, 0.29) is 0 Å². The van der Waals surface area contributed by atoms with Gasteiger partial charge in [0.1, 0.15) is 0 Å². The minimum Gasteiger partial charge on any atom is -0.410 e. The van der Waals surface area contributed by atoms with Crippen molar-refractivity contribution in [1.82, 2.24) is 10.2 Å². The van der Waals surface area contributed by atoms with Crippen molar-refractivity contribution in [2.45, 2.75) is 24.8 Å². The summed E-state index contributed by atoms with van der Waals surface area (Å²) in [5.74, 6) is 1.44. The maximum absolute atomic E-state index is 5.65. The van der Waals surface area contributed by atoms with Gasteiger partial charge in [-0.1, -0.05) is 36.0 Å². The van der Waals surface area contributed by atoms with Crippen LogP contribution < -0.4 is 0 Å². The van der Waals surface area contributed by atoms with E-state index in [1.165, 1.54) is 16.7 Å². The zero-order valence-corrected chi connectivity index (χ0v) is 12.9. The molecule has 3 nitrogen and oxygen atoms in total. The fraction of sp³-hybridized carbons (Fsp3) is 0.200. The summed E-state index contributed by atoms with van der Waals surface area (Å²) < 4.78 is 5.65. The number of benzene rings is 1. The molecule has 0 aliphatic heterocycles. The van der Waals surface area contributed by atoms with Gasteiger partial charge in [0.2, 0.25) is 0 Å². The lowest BCUT2D eigenvalue weighted by atomic mass is 10.1. The quantitative estimate of drug-likeness (QED) is 0.654. The van der Waals surface area contributed by atoms with E-state index >= 15 is 0 Å². The Morgan fingerprint density at radius 2 is 2.05 bits per heavy atom. The minimum atomic E-state index is 0.600.